The van der Waals surface area contributed by atoms with Gasteiger partial charge in [-0.25, -0.2) is 0 Å². The van der Waals surface area contributed by atoms with E-state index < -0.39 is 6.10 Å². The van der Waals surface area contributed by atoms with Gasteiger partial charge in [0.25, 0.3) is 0 Å². The summed E-state index contributed by atoms with van der Waals surface area (Å²) in [5.74, 6) is 2.46. The standard InChI is InChI=1S/C25H33N3O3.HI/c1-3-26-24(27-17-22(29)18-10-12-19(30-2)13-11-18)28-21-16-25(14-6-7-15-25)31-23-9-5-4-8-20(21)23;/h4-5,8-13,21-22,29H,3,6-7,14-17H2,1-2H3,(H2,26,27,28);1H. The number of nitrogens with one attached hydrogen (secondary N) is 2. The van der Waals surface area contributed by atoms with Crippen LogP contribution in [-0.4, -0.2) is 36.9 Å². The maximum Gasteiger partial charge on any atom is 0.191 e. The molecule has 1 aliphatic carbocycles. The lowest BCUT2D eigenvalue weighted by Gasteiger charge is -2.40. The van der Waals surface area contributed by atoms with E-state index in [1.807, 2.05) is 37.3 Å². The largest absolute Gasteiger partial charge is 0.497 e. The van der Waals surface area contributed by atoms with Crippen LogP contribution in [0.3, 0.4) is 0 Å². The molecule has 2 aromatic rings. The highest BCUT2D eigenvalue weighted by Gasteiger charge is 2.43. The van der Waals surface area contributed by atoms with Gasteiger partial charge in [0.2, 0.25) is 0 Å². The van der Waals surface area contributed by atoms with Crippen molar-refractivity contribution in [1.82, 2.24) is 10.6 Å². The van der Waals surface area contributed by atoms with Gasteiger partial charge in [0.1, 0.15) is 17.1 Å². The van der Waals surface area contributed by atoms with Crippen LogP contribution in [0.25, 0.3) is 0 Å². The Hall–Kier alpha value is -2.00. The van der Waals surface area contributed by atoms with E-state index in [0.29, 0.717) is 5.96 Å². The van der Waals surface area contributed by atoms with Gasteiger partial charge < -0.3 is 25.2 Å². The molecule has 174 valence electrons. The normalized spacial score (nSPS) is 20.0. The van der Waals surface area contributed by atoms with Crippen LogP contribution < -0.4 is 20.1 Å². The number of methoxy groups -OCH3 is 1. The highest BCUT2D eigenvalue weighted by molar-refractivity contribution is 14.0. The summed E-state index contributed by atoms with van der Waals surface area (Å²) >= 11 is 0. The quantitative estimate of drug-likeness (QED) is 0.275. The van der Waals surface area contributed by atoms with Crippen molar-refractivity contribution in [3.8, 4) is 11.5 Å². The Morgan fingerprint density at radius 3 is 2.59 bits per heavy atom. The van der Waals surface area contributed by atoms with Crippen molar-refractivity contribution in [3.05, 3.63) is 59.7 Å². The first-order chi connectivity index (χ1) is 15.1. The topological polar surface area (TPSA) is 75.1 Å². The summed E-state index contributed by atoms with van der Waals surface area (Å²) in [5, 5.41) is 17.6. The number of guanidine groups is 1. The molecule has 2 aromatic carbocycles. The van der Waals surface area contributed by atoms with Gasteiger partial charge in [-0.2, -0.15) is 0 Å². The third kappa shape index (κ3) is 5.67. The van der Waals surface area contributed by atoms with Crippen LogP contribution in [0.1, 0.15) is 62.3 Å². The van der Waals surface area contributed by atoms with Gasteiger partial charge in [-0.05, 0) is 56.4 Å². The zero-order chi connectivity index (χ0) is 21.7. The fourth-order valence-electron chi connectivity index (χ4n) is 4.67. The summed E-state index contributed by atoms with van der Waals surface area (Å²) in [6.45, 7) is 3.08. The summed E-state index contributed by atoms with van der Waals surface area (Å²) in [7, 11) is 1.63. The van der Waals surface area contributed by atoms with Crippen LogP contribution in [0, 0.1) is 0 Å². The molecule has 0 bridgehead atoms. The van der Waals surface area contributed by atoms with E-state index in [0.717, 1.165) is 42.9 Å². The molecular formula is C25H34IN3O3. The molecule has 0 radical (unpaired) electrons. The molecule has 7 heteroatoms. The number of nitrogens with zero attached hydrogens (tertiary/aromatic N) is 1. The lowest BCUT2D eigenvalue weighted by atomic mass is 9.86. The molecule has 0 saturated heterocycles. The average Bonchev–Trinajstić information content (AvgIpc) is 3.24. The number of aliphatic imine (C=N–C) groups is 1. The van der Waals surface area contributed by atoms with E-state index in [1.54, 1.807) is 7.11 Å². The third-order valence-electron chi connectivity index (χ3n) is 6.29. The second-order valence-electron chi connectivity index (χ2n) is 8.44. The molecule has 1 aliphatic heterocycles. The van der Waals surface area contributed by atoms with Crippen LogP contribution in [-0.2, 0) is 0 Å². The molecule has 1 heterocycles. The summed E-state index contributed by atoms with van der Waals surface area (Å²) in [5.41, 5.74) is 1.91. The Bertz CT molecular complexity index is 898. The number of rotatable bonds is 6. The second-order valence-corrected chi connectivity index (χ2v) is 8.44. The van der Waals surface area contributed by atoms with Gasteiger partial charge in [-0.1, -0.05) is 30.3 Å². The molecule has 1 saturated carbocycles. The SMILES string of the molecule is CCNC(=NCC(O)c1ccc(OC)cc1)NC1CC2(CCCC2)Oc2ccccc21.I. The van der Waals surface area contributed by atoms with E-state index in [4.69, 9.17) is 9.47 Å². The van der Waals surface area contributed by atoms with Gasteiger partial charge >= 0.3 is 0 Å². The smallest absolute Gasteiger partial charge is 0.191 e. The summed E-state index contributed by atoms with van der Waals surface area (Å²) in [4.78, 5) is 4.69. The first-order valence-electron chi connectivity index (χ1n) is 11.3. The number of halogens is 1. The molecule has 1 fully saturated rings. The Kier molecular flexibility index (Phi) is 8.64. The van der Waals surface area contributed by atoms with E-state index in [-0.39, 0.29) is 42.2 Å². The highest BCUT2D eigenvalue weighted by atomic mass is 127. The van der Waals surface area contributed by atoms with Crippen molar-refractivity contribution in [2.75, 3.05) is 20.2 Å². The van der Waals surface area contributed by atoms with Crippen LogP contribution >= 0.6 is 24.0 Å². The van der Waals surface area contributed by atoms with Crippen molar-refractivity contribution in [3.63, 3.8) is 0 Å². The molecule has 2 atom stereocenters. The molecule has 1 spiro atoms. The molecule has 6 nitrogen and oxygen atoms in total. The first kappa shape index (κ1) is 24.6. The number of hydrogen-bond acceptors (Lipinski definition) is 4. The average molecular weight is 551 g/mol. The van der Waals surface area contributed by atoms with E-state index in [9.17, 15) is 5.11 Å². The van der Waals surface area contributed by atoms with Gasteiger partial charge in [0, 0.05) is 18.5 Å². The highest BCUT2D eigenvalue weighted by Crippen LogP contribution is 2.46. The van der Waals surface area contributed by atoms with Gasteiger partial charge in [0.15, 0.2) is 5.96 Å². The third-order valence-corrected chi connectivity index (χ3v) is 6.29. The van der Waals surface area contributed by atoms with Crippen LogP contribution in [0.5, 0.6) is 11.5 Å². The monoisotopic (exact) mass is 551 g/mol. The van der Waals surface area contributed by atoms with Crippen LogP contribution in [0.2, 0.25) is 0 Å². The number of para-hydroxylation sites is 1. The maximum atomic E-state index is 10.6. The van der Waals surface area contributed by atoms with E-state index >= 15 is 0 Å². The zero-order valence-electron chi connectivity index (χ0n) is 18.8. The maximum absolute atomic E-state index is 10.6. The lowest BCUT2D eigenvalue weighted by Crippen LogP contribution is -2.46. The van der Waals surface area contributed by atoms with Gasteiger partial charge in [0.05, 0.1) is 25.8 Å². The van der Waals surface area contributed by atoms with Crippen molar-refractivity contribution in [2.24, 2.45) is 4.99 Å². The fraction of sp³-hybridized carbons (Fsp3) is 0.480. The van der Waals surface area contributed by atoms with Crippen LogP contribution in [0.4, 0.5) is 0 Å². The number of aliphatic hydroxyl groups is 1. The number of fused-ring (bicyclic) bond motifs is 1. The molecule has 3 N–H and O–H groups in total. The van der Waals surface area contributed by atoms with Crippen molar-refractivity contribution in [1.29, 1.82) is 0 Å². The first-order valence-corrected chi connectivity index (χ1v) is 11.3. The van der Waals surface area contributed by atoms with Crippen molar-refractivity contribution in [2.45, 2.75) is 56.8 Å². The molecular weight excluding hydrogens is 517 g/mol. The summed E-state index contributed by atoms with van der Waals surface area (Å²) in [6, 6.07) is 15.9. The minimum Gasteiger partial charge on any atom is -0.497 e. The molecule has 32 heavy (non-hydrogen) atoms. The number of hydrogen-bond donors (Lipinski definition) is 3. The predicted octanol–water partition coefficient (Wildman–Crippen LogP) is 4.74. The van der Waals surface area contributed by atoms with Crippen molar-refractivity contribution >= 4 is 29.9 Å². The molecule has 0 aromatic heterocycles. The lowest BCUT2D eigenvalue weighted by molar-refractivity contribution is 0.0395. The molecule has 4 rings (SSSR count). The Morgan fingerprint density at radius 2 is 1.91 bits per heavy atom. The number of aliphatic hydroxyl groups excluding tert-OH is 1. The fourth-order valence-corrected chi connectivity index (χ4v) is 4.67. The minimum absolute atomic E-state index is 0. The van der Waals surface area contributed by atoms with Crippen molar-refractivity contribution < 1.29 is 14.6 Å². The summed E-state index contributed by atoms with van der Waals surface area (Å²) in [6.07, 6.45) is 4.89. The van der Waals surface area contributed by atoms with Gasteiger partial charge in [-0.3, -0.25) is 4.99 Å². The minimum atomic E-state index is -0.676. The van der Waals surface area contributed by atoms with Crippen LogP contribution in [0.15, 0.2) is 53.5 Å². The predicted molar refractivity (Wildman–Crippen MR) is 138 cm³/mol. The Balaban J connectivity index is 0.00000289. The van der Waals surface area contributed by atoms with E-state index in [1.165, 1.54) is 18.4 Å². The molecule has 0 amide bonds. The number of benzene rings is 2. The summed E-state index contributed by atoms with van der Waals surface area (Å²) < 4.78 is 11.7. The second kappa shape index (κ2) is 11.2. The zero-order valence-corrected chi connectivity index (χ0v) is 21.2. The van der Waals surface area contributed by atoms with E-state index in [2.05, 4.69) is 33.8 Å². The van der Waals surface area contributed by atoms with Gasteiger partial charge in [-0.15, -0.1) is 24.0 Å². The molecule has 2 unspecified atom stereocenters. The Morgan fingerprint density at radius 1 is 1.19 bits per heavy atom. The number of ether oxygens (including phenoxy) is 2. The molecule has 2 aliphatic rings. The Labute approximate surface area is 207 Å².